The number of thiocarbonyl (C=S) groups is 1. The first-order valence-corrected chi connectivity index (χ1v) is 12.5. The predicted octanol–water partition coefficient (Wildman–Crippen LogP) is 5.63. The lowest BCUT2D eigenvalue weighted by atomic mass is 10.2. The van der Waals surface area contributed by atoms with Crippen LogP contribution < -0.4 is 5.32 Å². The number of nitrogens with zero attached hydrogens (tertiary/aromatic N) is 3. The number of nitrogens with one attached hydrogen (secondary N) is 1. The second kappa shape index (κ2) is 10.4. The topological polar surface area (TPSA) is 30.9 Å². The summed E-state index contributed by atoms with van der Waals surface area (Å²) in [5.41, 5.74) is 0. The molecule has 0 atom stereocenters. The van der Waals surface area contributed by atoms with E-state index in [0.29, 0.717) is 11.7 Å². The molecule has 2 heterocycles. The van der Waals surface area contributed by atoms with Gasteiger partial charge >= 0.3 is 0 Å². The minimum absolute atomic E-state index is 0.0849. The van der Waals surface area contributed by atoms with Gasteiger partial charge in [-0.3, -0.25) is 9.34 Å². The summed E-state index contributed by atoms with van der Waals surface area (Å²) < 4.78 is 10.9. The lowest BCUT2D eigenvalue weighted by molar-refractivity contribution is 0.368. The van der Waals surface area contributed by atoms with Crippen molar-refractivity contribution in [1.29, 1.82) is 0 Å². The Morgan fingerprint density at radius 1 is 0.962 bits per heavy atom. The summed E-state index contributed by atoms with van der Waals surface area (Å²) in [7, 11) is -1.93. The van der Waals surface area contributed by atoms with Crippen LogP contribution in [0.3, 0.4) is 0 Å². The lowest BCUT2D eigenvalue weighted by Crippen LogP contribution is -2.42. The molecule has 2 saturated heterocycles. The van der Waals surface area contributed by atoms with E-state index in [9.17, 15) is 0 Å². The smallest absolute Gasteiger partial charge is 0.194 e. The Hall–Kier alpha value is -0.220. The minimum Gasteiger partial charge on any atom is -0.357 e. The average molecular weight is 399 g/mol. The standard InChI is InChI=1S/C20H39N4PS/c1-5-14-21-19(26)22-25(20(2,3)4,23-15-10-6-7-11-16-23)24-17-12-8-9-13-18-24/h5H,1,6-18H2,2-4H3,(H,21,26). The summed E-state index contributed by atoms with van der Waals surface area (Å²) in [5.74, 6) is 0. The highest BCUT2D eigenvalue weighted by molar-refractivity contribution is 7.81. The maximum atomic E-state index is 5.69. The van der Waals surface area contributed by atoms with Gasteiger partial charge in [0.15, 0.2) is 5.11 Å². The van der Waals surface area contributed by atoms with E-state index in [1.54, 1.807) is 0 Å². The van der Waals surface area contributed by atoms with Gasteiger partial charge in [0.05, 0.1) is 0 Å². The van der Waals surface area contributed by atoms with Gasteiger partial charge in [0, 0.05) is 37.9 Å². The third-order valence-electron chi connectivity index (χ3n) is 5.48. The van der Waals surface area contributed by atoms with Crippen LogP contribution in [0.25, 0.3) is 0 Å². The third kappa shape index (κ3) is 5.41. The molecule has 2 rings (SSSR count). The van der Waals surface area contributed by atoms with Crippen molar-refractivity contribution >= 4 is 24.7 Å². The Bertz CT molecular complexity index is 486. The van der Waals surface area contributed by atoms with E-state index in [0.717, 1.165) is 26.2 Å². The second-order valence-corrected chi connectivity index (χ2v) is 12.7. The van der Waals surface area contributed by atoms with Crippen molar-refractivity contribution in [2.75, 3.05) is 32.7 Å². The molecule has 26 heavy (non-hydrogen) atoms. The van der Waals surface area contributed by atoms with E-state index in [4.69, 9.17) is 17.0 Å². The second-order valence-electron chi connectivity index (χ2n) is 8.55. The number of rotatable bonds is 4. The van der Waals surface area contributed by atoms with Crippen LogP contribution in [-0.2, 0) is 0 Å². The van der Waals surface area contributed by atoms with Crippen molar-refractivity contribution in [3.63, 3.8) is 0 Å². The molecule has 0 bridgehead atoms. The fraction of sp³-hybridized carbons (Fsp3) is 0.850. The van der Waals surface area contributed by atoms with Crippen LogP contribution >= 0.6 is 19.6 Å². The molecule has 4 nitrogen and oxygen atoms in total. The molecule has 150 valence electrons. The van der Waals surface area contributed by atoms with Gasteiger partial charge in [-0.05, 0) is 37.9 Å². The molecule has 0 radical (unpaired) electrons. The minimum atomic E-state index is -1.93. The number of hydrogen-bond donors (Lipinski definition) is 1. The lowest BCUT2D eigenvalue weighted by Gasteiger charge is -2.50. The van der Waals surface area contributed by atoms with E-state index in [1.807, 2.05) is 6.08 Å². The predicted molar refractivity (Wildman–Crippen MR) is 120 cm³/mol. The van der Waals surface area contributed by atoms with Crippen LogP contribution in [0, 0.1) is 0 Å². The molecule has 0 aliphatic carbocycles. The van der Waals surface area contributed by atoms with Gasteiger partial charge in [-0.25, -0.2) is 4.74 Å². The Balaban J connectivity index is 2.51. The molecule has 0 aromatic heterocycles. The van der Waals surface area contributed by atoms with E-state index >= 15 is 0 Å². The molecule has 0 amide bonds. The van der Waals surface area contributed by atoms with Crippen LogP contribution in [0.15, 0.2) is 17.4 Å². The van der Waals surface area contributed by atoms with Gasteiger partial charge in [-0.15, -0.1) is 6.58 Å². The van der Waals surface area contributed by atoms with Crippen LogP contribution in [0.1, 0.15) is 72.1 Å². The van der Waals surface area contributed by atoms with Gasteiger partial charge < -0.3 is 5.32 Å². The van der Waals surface area contributed by atoms with Crippen LogP contribution in [-0.4, -0.2) is 52.3 Å². The van der Waals surface area contributed by atoms with Crippen LogP contribution in [0.2, 0.25) is 0 Å². The maximum Gasteiger partial charge on any atom is 0.194 e. The van der Waals surface area contributed by atoms with Crippen molar-refractivity contribution in [2.45, 2.75) is 77.3 Å². The monoisotopic (exact) mass is 398 g/mol. The maximum absolute atomic E-state index is 5.69. The van der Waals surface area contributed by atoms with Crippen molar-refractivity contribution in [1.82, 2.24) is 14.7 Å². The van der Waals surface area contributed by atoms with Crippen molar-refractivity contribution in [2.24, 2.45) is 4.74 Å². The number of hydrogen-bond acceptors (Lipinski definition) is 1. The molecule has 0 aromatic rings. The molecule has 0 unspecified atom stereocenters. The highest BCUT2D eigenvalue weighted by atomic mass is 32.1. The first-order valence-electron chi connectivity index (χ1n) is 10.4. The van der Waals surface area contributed by atoms with Gasteiger partial charge in [0.2, 0.25) is 0 Å². The molecule has 0 aromatic carbocycles. The average Bonchev–Trinajstić information content (AvgIpc) is 3.02. The van der Waals surface area contributed by atoms with E-state index < -0.39 is 7.36 Å². The van der Waals surface area contributed by atoms with Crippen molar-refractivity contribution in [3.05, 3.63) is 12.7 Å². The van der Waals surface area contributed by atoms with Crippen LogP contribution in [0.4, 0.5) is 0 Å². The van der Waals surface area contributed by atoms with Crippen molar-refractivity contribution < 1.29 is 0 Å². The molecule has 6 heteroatoms. The molecule has 0 saturated carbocycles. The first-order chi connectivity index (χ1) is 12.4. The normalized spacial score (nSPS) is 21.5. The van der Waals surface area contributed by atoms with E-state index in [1.165, 1.54) is 51.4 Å². The molecule has 1 N–H and O–H groups in total. The van der Waals surface area contributed by atoms with Gasteiger partial charge in [0.25, 0.3) is 0 Å². The summed E-state index contributed by atoms with van der Waals surface area (Å²) in [4.78, 5) is 0. The van der Waals surface area contributed by atoms with E-state index in [-0.39, 0.29) is 5.16 Å². The quantitative estimate of drug-likeness (QED) is 0.378. The Morgan fingerprint density at radius 3 is 1.73 bits per heavy atom. The van der Waals surface area contributed by atoms with Gasteiger partial charge in [0.1, 0.15) is 7.36 Å². The summed E-state index contributed by atoms with van der Waals surface area (Å²) in [5, 5.41) is 4.04. The molecule has 0 spiro atoms. The molecule has 2 fully saturated rings. The first kappa shape index (κ1) is 22.1. The summed E-state index contributed by atoms with van der Waals surface area (Å²) >= 11 is 5.69. The molecule has 2 aliphatic rings. The zero-order chi connectivity index (χ0) is 19.0. The van der Waals surface area contributed by atoms with Crippen LogP contribution in [0.5, 0.6) is 0 Å². The highest BCUT2D eigenvalue weighted by Crippen LogP contribution is 2.66. The molecular formula is C20H39N4PS. The zero-order valence-electron chi connectivity index (χ0n) is 17.2. The van der Waals surface area contributed by atoms with Gasteiger partial charge in [-0.1, -0.05) is 52.5 Å². The Kier molecular flexibility index (Phi) is 8.79. The Labute approximate surface area is 167 Å². The van der Waals surface area contributed by atoms with E-state index in [2.05, 4.69) is 42.0 Å². The fourth-order valence-corrected chi connectivity index (χ4v) is 9.33. The van der Waals surface area contributed by atoms with Gasteiger partial charge in [-0.2, -0.15) is 0 Å². The highest BCUT2D eigenvalue weighted by Gasteiger charge is 2.44. The fourth-order valence-electron chi connectivity index (χ4n) is 4.29. The summed E-state index contributed by atoms with van der Waals surface area (Å²) in [6.45, 7) is 16.3. The summed E-state index contributed by atoms with van der Waals surface area (Å²) in [6, 6.07) is 0. The molecule has 2 aliphatic heterocycles. The zero-order valence-corrected chi connectivity index (χ0v) is 18.9. The summed E-state index contributed by atoms with van der Waals surface area (Å²) in [6.07, 6.45) is 12.4. The largest absolute Gasteiger partial charge is 0.357 e. The Morgan fingerprint density at radius 2 is 1.38 bits per heavy atom. The molecular weight excluding hydrogens is 359 g/mol. The SMILES string of the molecule is C=CCNC(=S)N=P(N1CCCCCC1)(N1CCCCCC1)C(C)(C)C. The van der Waals surface area contributed by atoms with Crippen molar-refractivity contribution in [3.8, 4) is 0 Å². The third-order valence-corrected chi connectivity index (χ3v) is 10.5.